The van der Waals surface area contributed by atoms with Crippen molar-refractivity contribution in [3.05, 3.63) is 35.5 Å². The summed E-state index contributed by atoms with van der Waals surface area (Å²) in [7, 11) is 0. The Morgan fingerprint density at radius 1 is 1.09 bits per heavy atom. The van der Waals surface area contributed by atoms with Gasteiger partial charge in [-0.1, -0.05) is 24.3 Å². The van der Waals surface area contributed by atoms with Crippen molar-refractivity contribution >= 4 is 0 Å². The molecule has 1 N–H and O–H groups in total. The van der Waals surface area contributed by atoms with E-state index in [4.69, 9.17) is 4.74 Å². The van der Waals surface area contributed by atoms with Gasteiger partial charge < -0.3 is 9.84 Å². The van der Waals surface area contributed by atoms with E-state index in [-0.39, 0.29) is 0 Å². The lowest BCUT2D eigenvalue weighted by Gasteiger charge is -2.32. The van der Waals surface area contributed by atoms with Gasteiger partial charge in [-0.25, -0.2) is 0 Å². The smallest absolute Gasteiger partial charge is 0.0594 e. The summed E-state index contributed by atoms with van der Waals surface area (Å²) in [5, 5.41) is 9.41. The first-order valence-electron chi connectivity index (χ1n) is 9.03. The Morgan fingerprint density at radius 2 is 1.91 bits per heavy atom. The van der Waals surface area contributed by atoms with Crippen LogP contribution in [0.2, 0.25) is 0 Å². The number of hydrogen-bond acceptors (Lipinski definition) is 4. The minimum absolute atomic E-state index is 0.329. The molecule has 3 rings (SSSR count). The Morgan fingerprint density at radius 3 is 2.74 bits per heavy atom. The van der Waals surface area contributed by atoms with Crippen LogP contribution in [0, 0.1) is 5.92 Å². The second-order valence-corrected chi connectivity index (χ2v) is 6.95. The lowest BCUT2D eigenvalue weighted by molar-refractivity contribution is 0.0426. The second kappa shape index (κ2) is 8.78. The van der Waals surface area contributed by atoms with Crippen LogP contribution in [0.3, 0.4) is 0 Å². The maximum Gasteiger partial charge on any atom is 0.0594 e. The zero-order chi connectivity index (χ0) is 15.9. The standard InChI is InChI=1S/C19H30N2O2/c22-16-19-6-3-7-21(15-19)14-18-5-2-1-4-17(12-18)13-20-8-10-23-11-9-20/h1,4-5,12,19,22H,2-3,6-11,13-16H2. The number of aliphatic hydroxyl groups is 1. The van der Waals surface area contributed by atoms with Crippen LogP contribution in [0.15, 0.2) is 35.5 Å². The molecule has 1 unspecified atom stereocenters. The summed E-state index contributed by atoms with van der Waals surface area (Å²) in [5.74, 6) is 0.463. The SMILES string of the molecule is OCC1CCCN(CC2=CCC=CC(CN3CCOCC3)=C2)C1. The van der Waals surface area contributed by atoms with Crippen LogP contribution in [0.5, 0.6) is 0 Å². The molecule has 2 aliphatic heterocycles. The molecule has 23 heavy (non-hydrogen) atoms. The Labute approximate surface area is 140 Å². The molecule has 2 saturated heterocycles. The largest absolute Gasteiger partial charge is 0.396 e. The summed E-state index contributed by atoms with van der Waals surface area (Å²) >= 11 is 0. The molecule has 1 atom stereocenters. The summed E-state index contributed by atoms with van der Waals surface area (Å²) in [6.45, 7) is 8.35. The molecule has 3 aliphatic rings. The van der Waals surface area contributed by atoms with E-state index >= 15 is 0 Å². The van der Waals surface area contributed by atoms with E-state index in [2.05, 4.69) is 34.1 Å². The second-order valence-electron chi connectivity index (χ2n) is 6.95. The Balaban J connectivity index is 1.57. The van der Waals surface area contributed by atoms with Gasteiger partial charge in [-0.2, -0.15) is 0 Å². The van der Waals surface area contributed by atoms with Crippen LogP contribution >= 0.6 is 0 Å². The van der Waals surface area contributed by atoms with E-state index in [0.717, 1.165) is 58.9 Å². The van der Waals surface area contributed by atoms with Crippen molar-refractivity contribution in [3.8, 4) is 0 Å². The topological polar surface area (TPSA) is 35.9 Å². The predicted octanol–water partition coefficient (Wildman–Crippen LogP) is 1.84. The summed E-state index contributed by atoms with van der Waals surface area (Å²) in [6.07, 6.45) is 12.7. The molecule has 0 radical (unpaired) electrons. The number of rotatable bonds is 5. The lowest BCUT2D eigenvalue weighted by atomic mass is 9.98. The minimum atomic E-state index is 0.329. The van der Waals surface area contributed by atoms with E-state index in [1.807, 2.05) is 0 Å². The van der Waals surface area contributed by atoms with Crippen molar-refractivity contribution in [1.82, 2.24) is 9.80 Å². The monoisotopic (exact) mass is 318 g/mol. The Hall–Kier alpha value is -0.940. The van der Waals surface area contributed by atoms with Crippen LogP contribution in [0.4, 0.5) is 0 Å². The molecular weight excluding hydrogens is 288 g/mol. The number of ether oxygens (including phenoxy) is 1. The van der Waals surface area contributed by atoms with Gasteiger partial charge in [0.2, 0.25) is 0 Å². The van der Waals surface area contributed by atoms with Gasteiger partial charge in [0.25, 0.3) is 0 Å². The first kappa shape index (κ1) is 16.9. The number of piperidine rings is 1. The van der Waals surface area contributed by atoms with Crippen molar-refractivity contribution in [2.45, 2.75) is 19.3 Å². The van der Waals surface area contributed by atoms with Gasteiger partial charge in [-0.3, -0.25) is 9.80 Å². The van der Waals surface area contributed by atoms with Crippen molar-refractivity contribution in [2.24, 2.45) is 5.92 Å². The minimum Gasteiger partial charge on any atom is -0.396 e. The highest BCUT2D eigenvalue weighted by molar-refractivity contribution is 5.35. The van der Waals surface area contributed by atoms with Crippen LogP contribution in [-0.2, 0) is 4.74 Å². The fraction of sp³-hybridized carbons (Fsp3) is 0.684. The van der Waals surface area contributed by atoms with Crippen molar-refractivity contribution in [2.75, 3.05) is 59.1 Å². The summed E-state index contributed by atoms with van der Waals surface area (Å²) in [6, 6.07) is 0. The third-order valence-electron chi connectivity index (χ3n) is 5.00. The maximum atomic E-state index is 9.41. The van der Waals surface area contributed by atoms with Crippen LogP contribution in [-0.4, -0.2) is 74.0 Å². The van der Waals surface area contributed by atoms with Crippen molar-refractivity contribution < 1.29 is 9.84 Å². The van der Waals surface area contributed by atoms with Gasteiger partial charge in [-0.05, 0) is 42.9 Å². The molecule has 4 heteroatoms. The highest BCUT2D eigenvalue weighted by Gasteiger charge is 2.20. The molecule has 1 aliphatic carbocycles. The van der Waals surface area contributed by atoms with Crippen molar-refractivity contribution in [3.63, 3.8) is 0 Å². The van der Waals surface area contributed by atoms with Crippen LogP contribution in [0.1, 0.15) is 19.3 Å². The summed E-state index contributed by atoms with van der Waals surface area (Å²) < 4.78 is 5.44. The third-order valence-corrected chi connectivity index (χ3v) is 5.00. The van der Waals surface area contributed by atoms with Gasteiger partial charge in [0, 0.05) is 39.3 Å². The molecule has 2 fully saturated rings. The van der Waals surface area contributed by atoms with E-state index in [9.17, 15) is 5.11 Å². The van der Waals surface area contributed by atoms with E-state index in [0.29, 0.717) is 12.5 Å². The van der Waals surface area contributed by atoms with Gasteiger partial charge in [-0.15, -0.1) is 0 Å². The number of hydrogen-bond donors (Lipinski definition) is 1. The molecule has 128 valence electrons. The first-order chi connectivity index (χ1) is 11.3. The molecule has 0 aromatic heterocycles. The zero-order valence-corrected chi connectivity index (χ0v) is 14.1. The van der Waals surface area contributed by atoms with Gasteiger partial charge in [0.05, 0.1) is 13.2 Å². The molecule has 0 aromatic rings. The number of morpholine rings is 1. The van der Waals surface area contributed by atoms with Crippen molar-refractivity contribution in [1.29, 1.82) is 0 Å². The lowest BCUT2D eigenvalue weighted by Crippen LogP contribution is -2.38. The summed E-state index contributed by atoms with van der Waals surface area (Å²) in [5.41, 5.74) is 2.84. The number of aliphatic hydroxyl groups excluding tert-OH is 1. The molecule has 0 saturated carbocycles. The molecule has 0 bridgehead atoms. The average molecular weight is 318 g/mol. The normalized spacial score (nSPS) is 27.4. The quantitative estimate of drug-likeness (QED) is 0.839. The maximum absolute atomic E-state index is 9.41. The fourth-order valence-electron chi connectivity index (χ4n) is 3.71. The summed E-state index contributed by atoms with van der Waals surface area (Å²) in [4.78, 5) is 4.98. The van der Waals surface area contributed by atoms with Gasteiger partial charge in [0.1, 0.15) is 0 Å². The molecule has 0 amide bonds. The molecule has 0 spiro atoms. The molecule has 4 nitrogen and oxygen atoms in total. The molecular formula is C19H30N2O2. The molecule has 0 aromatic carbocycles. The fourth-order valence-corrected chi connectivity index (χ4v) is 3.71. The first-order valence-corrected chi connectivity index (χ1v) is 9.03. The highest BCUT2D eigenvalue weighted by Crippen LogP contribution is 2.19. The van der Waals surface area contributed by atoms with Gasteiger partial charge >= 0.3 is 0 Å². The zero-order valence-electron chi connectivity index (χ0n) is 14.1. The highest BCUT2D eigenvalue weighted by atomic mass is 16.5. The van der Waals surface area contributed by atoms with E-state index < -0.39 is 0 Å². The van der Waals surface area contributed by atoms with E-state index in [1.165, 1.54) is 24.0 Å². The Bertz CT molecular complexity index is 464. The predicted molar refractivity (Wildman–Crippen MR) is 93.4 cm³/mol. The number of nitrogens with zero attached hydrogens (tertiary/aromatic N) is 2. The van der Waals surface area contributed by atoms with Crippen LogP contribution < -0.4 is 0 Å². The number of allylic oxidation sites excluding steroid dienone is 2. The Kier molecular flexibility index (Phi) is 6.46. The van der Waals surface area contributed by atoms with Crippen LogP contribution in [0.25, 0.3) is 0 Å². The molecule has 2 heterocycles. The third kappa shape index (κ3) is 5.28. The van der Waals surface area contributed by atoms with Gasteiger partial charge in [0.15, 0.2) is 0 Å². The average Bonchev–Trinajstić information content (AvgIpc) is 2.81. The van der Waals surface area contributed by atoms with E-state index in [1.54, 1.807) is 0 Å². The number of likely N-dealkylation sites (tertiary alicyclic amines) is 1.